The number of rotatable bonds is 2. The minimum absolute atomic E-state index is 0.414. The van der Waals surface area contributed by atoms with Crippen LogP contribution in [-0.4, -0.2) is 18.2 Å². The molecular formula is C14H18BrNO. The molecule has 0 saturated carbocycles. The molecule has 1 N–H and O–H groups in total. The molecule has 1 aromatic carbocycles. The maximum absolute atomic E-state index is 9.55. The molecule has 1 aliphatic heterocycles. The molecule has 1 aromatic rings. The summed E-state index contributed by atoms with van der Waals surface area (Å²) >= 11 is 3.60. The van der Waals surface area contributed by atoms with E-state index in [4.69, 9.17) is 0 Å². The van der Waals surface area contributed by atoms with Crippen LogP contribution in [0.2, 0.25) is 0 Å². The predicted octanol–water partition coefficient (Wildman–Crippen LogP) is 3.66. The van der Waals surface area contributed by atoms with Gasteiger partial charge in [0.1, 0.15) is 0 Å². The van der Waals surface area contributed by atoms with Gasteiger partial charge in [-0.2, -0.15) is 0 Å². The monoisotopic (exact) mass is 295 g/mol. The first-order chi connectivity index (χ1) is 8.08. The fraction of sp³-hybridized carbons (Fsp3) is 0.429. The minimum Gasteiger partial charge on any atom is -0.389 e. The molecule has 0 aromatic heterocycles. The van der Waals surface area contributed by atoms with E-state index in [0.29, 0.717) is 0 Å². The first-order valence-corrected chi connectivity index (χ1v) is 6.75. The third-order valence-electron chi connectivity index (χ3n) is 3.13. The average Bonchev–Trinajstić information content (AvgIpc) is 2.28. The Morgan fingerprint density at radius 2 is 2.18 bits per heavy atom. The van der Waals surface area contributed by atoms with E-state index < -0.39 is 6.10 Å². The van der Waals surface area contributed by atoms with Gasteiger partial charge < -0.3 is 10.0 Å². The van der Waals surface area contributed by atoms with Gasteiger partial charge >= 0.3 is 0 Å². The SMILES string of the molecule is CC1=CCCN(c2ccc([C@@H](C)O)cc2Br)C1. The fourth-order valence-corrected chi connectivity index (χ4v) is 2.80. The highest BCUT2D eigenvalue weighted by atomic mass is 79.9. The standard InChI is InChI=1S/C14H18BrNO/c1-10-4-3-7-16(9-10)14-6-5-12(11(2)17)8-13(14)15/h4-6,8,11,17H,3,7,9H2,1-2H3/t11-/m1/s1. The molecule has 0 fully saturated rings. The van der Waals surface area contributed by atoms with Crippen LogP contribution >= 0.6 is 15.9 Å². The molecule has 0 bridgehead atoms. The number of hydrogen-bond donors (Lipinski definition) is 1. The van der Waals surface area contributed by atoms with Gasteiger partial charge in [-0.15, -0.1) is 0 Å². The summed E-state index contributed by atoms with van der Waals surface area (Å²) < 4.78 is 1.06. The molecule has 3 heteroatoms. The van der Waals surface area contributed by atoms with Gasteiger partial charge in [0.2, 0.25) is 0 Å². The lowest BCUT2D eigenvalue weighted by molar-refractivity contribution is 0.199. The molecule has 2 rings (SSSR count). The summed E-state index contributed by atoms with van der Waals surface area (Å²) in [6.07, 6.45) is 2.99. The Hall–Kier alpha value is -0.800. The lowest BCUT2D eigenvalue weighted by atomic mass is 10.1. The van der Waals surface area contributed by atoms with Gasteiger partial charge in [0.05, 0.1) is 11.8 Å². The first-order valence-electron chi connectivity index (χ1n) is 5.96. The van der Waals surface area contributed by atoms with Crippen molar-refractivity contribution in [3.63, 3.8) is 0 Å². The number of nitrogens with zero attached hydrogens (tertiary/aromatic N) is 1. The minimum atomic E-state index is -0.414. The van der Waals surface area contributed by atoms with Crippen molar-refractivity contribution < 1.29 is 5.11 Å². The van der Waals surface area contributed by atoms with E-state index in [1.165, 1.54) is 11.3 Å². The molecule has 1 atom stereocenters. The summed E-state index contributed by atoms with van der Waals surface area (Å²) in [5.74, 6) is 0. The van der Waals surface area contributed by atoms with Gasteiger partial charge in [-0.25, -0.2) is 0 Å². The Balaban J connectivity index is 2.25. The molecular weight excluding hydrogens is 278 g/mol. The van der Waals surface area contributed by atoms with E-state index in [2.05, 4.69) is 39.9 Å². The van der Waals surface area contributed by atoms with Crippen molar-refractivity contribution in [2.75, 3.05) is 18.0 Å². The predicted molar refractivity (Wildman–Crippen MR) is 75.4 cm³/mol. The van der Waals surface area contributed by atoms with Crippen LogP contribution in [0.25, 0.3) is 0 Å². The molecule has 0 spiro atoms. The van der Waals surface area contributed by atoms with E-state index >= 15 is 0 Å². The molecule has 92 valence electrons. The summed E-state index contributed by atoms with van der Waals surface area (Å²) in [7, 11) is 0. The van der Waals surface area contributed by atoms with Crippen molar-refractivity contribution in [3.8, 4) is 0 Å². The second kappa shape index (κ2) is 5.23. The second-order valence-electron chi connectivity index (χ2n) is 4.65. The summed E-state index contributed by atoms with van der Waals surface area (Å²) in [4.78, 5) is 2.37. The number of benzene rings is 1. The van der Waals surface area contributed by atoms with Gasteiger partial charge in [-0.1, -0.05) is 17.7 Å². The zero-order valence-electron chi connectivity index (χ0n) is 10.3. The Morgan fingerprint density at radius 1 is 1.41 bits per heavy atom. The fourth-order valence-electron chi connectivity index (χ4n) is 2.16. The normalized spacial score (nSPS) is 17.9. The van der Waals surface area contributed by atoms with Gasteiger partial charge in [-0.3, -0.25) is 0 Å². The van der Waals surface area contributed by atoms with Crippen LogP contribution in [0.3, 0.4) is 0 Å². The zero-order chi connectivity index (χ0) is 12.4. The number of anilines is 1. The van der Waals surface area contributed by atoms with Crippen LogP contribution < -0.4 is 4.90 Å². The summed E-state index contributed by atoms with van der Waals surface area (Å²) in [6.45, 7) is 6.01. The molecule has 0 aliphatic carbocycles. The Labute approximate surface area is 111 Å². The number of aliphatic hydroxyl groups excluding tert-OH is 1. The third kappa shape index (κ3) is 2.90. The molecule has 0 unspecified atom stereocenters. The van der Waals surface area contributed by atoms with Crippen molar-refractivity contribution in [2.24, 2.45) is 0 Å². The molecule has 0 radical (unpaired) electrons. The van der Waals surface area contributed by atoms with E-state index in [0.717, 1.165) is 29.5 Å². The Morgan fingerprint density at radius 3 is 2.76 bits per heavy atom. The van der Waals surface area contributed by atoms with E-state index in [9.17, 15) is 5.11 Å². The summed E-state index contributed by atoms with van der Waals surface area (Å²) in [6, 6.07) is 6.09. The lowest BCUT2D eigenvalue weighted by Crippen LogP contribution is -2.29. The Kier molecular flexibility index (Phi) is 3.89. The molecule has 0 saturated heterocycles. The van der Waals surface area contributed by atoms with E-state index in [1.807, 2.05) is 12.1 Å². The van der Waals surface area contributed by atoms with Crippen LogP contribution in [0, 0.1) is 0 Å². The average molecular weight is 296 g/mol. The van der Waals surface area contributed by atoms with Crippen molar-refractivity contribution >= 4 is 21.6 Å². The summed E-state index contributed by atoms with van der Waals surface area (Å²) in [5.41, 5.74) is 3.58. The first kappa shape index (κ1) is 12.7. The van der Waals surface area contributed by atoms with Crippen LogP contribution in [-0.2, 0) is 0 Å². The van der Waals surface area contributed by atoms with Crippen LogP contribution in [0.1, 0.15) is 31.9 Å². The Bertz CT molecular complexity index is 440. The number of aliphatic hydroxyl groups is 1. The van der Waals surface area contributed by atoms with Crippen LogP contribution in [0.15, 0.2) is 34.3 Å². The van der Waals surface area contributed by atoms with E-state index in [-0.39, 0.29) is 0 Å². The van der Waals surface area contributed by atoms with Gasteiger partial charge in [0.25, 0.3) is 0 Å². The van der Waals surface area contributed by atoms with Gasteiger partial charge in [-0.05, 0) is 53.9 Å². The third-order valence-corrected chi connectivity index (χ3v) is 3.76. The molecule has 1 aliphatic rings. The quantitative estimate of drug-likeness (QED) is 0.842. The molecule has 2 nitrogen and oxygen atoms in total. The van der Waals surface area contributed by atoms with Crippen molar-refractivity contribution in [1.82, 2.24) is 0 Å². The van der Waals surface area contributed by atoms with Crippen molar-refractivity contribution in [1.29, 1.82) is 0 Å². The highest BCUT2D eigenvalue weighted by Crippen LogP contribution is 2.31. The van der Waals surface area contributed by atoms with Crippen LogP contribution in [0.4, 0.5) is 5.69 Å². The maximum atomic E-state index is 9.55. The number of hydrogen-bond acceptors (Lipinski definition) is 2. The van der Waals surface area contributed by atoms with Gasteiger partial charge in [0, 0.05) is 17.6 Å². The highest BCUT2D eigenvalue weighted by molar-refractivity contribution is 9.10. The zero-order valence-corrected chi connectivity index (χ0v) is 11.9. The molecule has 1 heterocycles. The maximum Gasteiger partial charge on any atom is 0.0762 e. The number of halogens is 1. The second-order valence-corrected chi connectivity index (χ2v) is 5.50. The largest absolute Gasteiger partial charge is 0.389 e. The topological polar surface area (TPSA) is 23.5 Å². The van der Waals surface area contributed by atoms with Gasteiger partial charge in [0.15, 0.2) is 0 Å². The molecule has 17 heavy (non-hydrogen) atoms. The summed E-state index contributed by atoms with van der Waals surface area (Å²) in [5, 5.41) is 9.55. The lowest BCUT2D eigenvalue weighted by Gasteiger charge is -2.29. The van der Waals surface area contributed by atoms with Crippen molar-refractivity contribution in [3.05, 3.63) is 39.9 Å². The highest BCUT2D eigenvalue weighted by Gasteiger charge is 2.14. The molecule has 0 amide bonds. The smallest absolute Gasteiger partial charge is 0.0762 e. The van der Waals surface area contributed by atoms with E-state index in [1.54, 1.807) is 6.92 Å². The van der Waals surface area contributed by atoms with Crippen molar-refractivity contribution in [2.45, 2.75) is 26.4 Å². The van der Waals surface area contributed by atoms with Crippen LogP contribution in [0.5, 0.6) is 0 Å².